The first kappa shape index (κ1) is 13.1. The highest BCUT2D eigenvalue weighted by Crippen LogP contribution is 2.33. The van der Waals surface area contributed by atoms with Gasteiger partial charge in [-0.15, -0.1) is 0 Å². The second-order valence-corrected chi connectivity index (χ2v) is 5.60. The SMILES string of the molecule is CCCOC1C(Br)CC1OCc1ccccc1. The van der Waals surface area contributed by atoms with E-state index in [2.05, 4.69) is 35.0 Å². The number of ether oxygens (including phenoxy) is 2. The molecule has 0 heterocycles. The minimum Gasteiger partial charge on any atom is -0.374 e. The Kier molecular flexibility index (Phi) is 5.01. The van der Waals surface area contributed by atoms with Crippen LogP contribution in [0, 0.1) is 0 Å². The monoisotopic (exact) mass is 298 g/mol. The predicted octanol–water partition coefficient (Wildman–Crippen LogP) is 3.53. The van der Waals surface area contributed by atoms with Crippen LogP contribution >= 0.6 is 15.9 Å². The highest BCUT2D eigenvalue weighted by molar-refractivity contribution is 9.09. The van der Waals surface area contributed by atoms with Crippen molar-refractivity contribution in [3.63, 3.8) is 0 Å². The zero-order valence-corrected chi connectivity index (χ0v) is 11.7. The van der Waals surface area contributed by atoms with Crippen LogP contribution in [0.4, 0.5) is 0 Å². The summed E-state index contributed by atoms with van der Waals surface area (Å²) in [6.45, 7) is 3.62. The minimum atomic E-state index is 0.221. The van der Waals surface area contributed by atoms with Gasteiger partial charge in [0.2, 0.25) is 0 Å². The lowest BCUT2D eigenvalue weighted by molar-refractivity contribution is -0.126. The highest BCUT2D eigenvalue weighted by atomic mass is 79.9. The minimum absolute atomic E-state index is 0.221. The maximum Gasteiger partial charge on any atom is 0.0962 e. The Balaban J connectivity index is 1.76. The van der Waals surface area contributed by atoms with E-state index in [1.165, 1.54) is 5.56 Å². The van der Waals surface area contributed by atoms with Crippen molar-refractivity contribution < 1.29 is 9.47 Å². The van der Waals surface area contributed by atoms with Gasteiger partial charge in [0.15, 0.2) is 0 Å². The first-order valence-corrected chi connectivity index (χ1v) is 7.14. The van der Waals surface area contributed by atoms with Gasteiger partial charge in [0.25, 0.3) is 0 Å². The molecular formula is C14H19BrO2. The molecule has 94 valence electrons. The van der Waals surface area contributed by atoms with Crippen LogP contribution in [0.5, 0.6) is 0 Å². The van der Waals surface area contributed by atoms with Crippen molar-refractivity contribution in [2.24, 2.45) is 0 Å². The predicted molar refractivity (Wildman–Crippen MR) is 72.4 cm³/mol. The van der Waals surface area contributed by atoms with E-state index < -0.39 is 0 Å². The molecule has 0 aromatic heterocycles. The Morgan fingerprint density at radius 2 is 2.00 bits per heavy atom. The van der Waals surface area contributed by atoms with Crippen LogP contribution in [0.25, 0.3) is 0 Å². The van der Waals surface area contributed by atoms with E-state index in [9.17, 15) is 0 Å². The van der Waals surface area contributed by atoms with E-state index in [4.69, 9.17) is 9.47 Å². The normalized spacial score (nSPS) is 27.8. The summed E-state index contributed by atoms with van der Waals surface area (Å²) < 4.78 is 11.7. The summed E-state index contributed by atoms with van der Waals surface area (Å²) in [7, 11) is 0. The van der Waals surface area contributed by atoms with Crippen LogP contribution in [-0.4, -0.2) is 23.6 Å². The molecule has 1 aromatic carbocycles. The third kappa shape index (κ3) is 3.54. The van der Waals surface area contributed by atoms with Gasteiger partial charge in [-0.25, -0.2) is 0 Å². The molecule has 3 heteroatoms. The van der Waals surface area contributed by atoms with Crippen LogP contribution in [0.3, 0.4) is 0 Å². The number of hydrogen-bond donors (Lipinski definition) is 0. The average molecular weight is 299 g/mol. The van der Waals surface area contributed by atoms with Gasteiger partial charge in [0.1, 0.15) is 0 Å². The van der Waals surface area contributed by atoms with E-state index >= 15 is 0 Å². The van der Waals surface area contributed by atoms with Crippen LogP contribution in [-0.2, 0) is 16.1 Å². The Hall–Kier alpha value is -0.380. The molecule has 1 fully saturated rings. The molecule has 1 aliphatic rings. The molecule has 3 unspecified atom stereocenters. The number of rotatable bonds is 6. The maximum absolute atomic E-state index is 5.89. The van der Waals surface area contributed by atoms with Crippen LogP contribution in [0.15, 0.2) is 30.3 Å². The van der Waals surface area contributed by atoms with E-state index in [-0.39, 0.29) is 12.2 Å². The van der Waals surface area contributed by atoms with E-state index in [0.717, 1.165) is 19.4 Å². The molecule has 0 spiro atoms. The van der Waals surface area contributed by atoms with E-state index in [1.807, 2.05) is 18.2 Å². The summed E-state index contributed by atoms with van der Waals surface area (Å²) in [6.07, 6.45) is 2.56. The number of halogens is 1. The van der Waals surface area contributed by atoms with Gasteiger partial charge in [-0.2, -0.15) is 0 Å². The summed E-state index contributed by atoms with van der Waals surface area (Å²) in [5.74, 6) is 0. The Morgan fingerprint density at radius 1 is 1.24 bits per heavy atom. The molecule has 1 aliphatic carbocycles. The van der Waals surface area contributed by atoms with Gasteiger partial charge in [-0.1, -0.05) is 53.2 Å². The fourth-order valence-electron chi connectivity index (χ4n) is 1.93. The van der Waals surface area contributed by atoms with Crippen LogP contribution in [0.1, 0.15) is 25.3 Å². The zero-order valence-electron chi connectivity index (χ0n) is 10.1. The average Bonchev–Trinajstić information content (AvgIpc) is 2.36. The lowest BCUT2D eigenvalue weighted by Crippen LogP contribution is -2.50. The quantitative estimate of drug-likeness (QED) is 0.748. The Morgan fingerprint density at radius 3 is 2.65 bits per heavy atom. The van der Waals surface area contributed by atoms with Crippen molar-refractivity contribution in [2.45, 2.75) is 43.4 Å². The third-order valence-corrected chi connectivity index (χ3v) is 3.90. The highest BCUT2D eigenvalue weighted by Gasteiger charge is 2.41. The smallest absolute Gasteiger partial charge is 0.0962 e. The maximum atomic E-state index is 5.89. The molecule has 17 heavy (non-hydrogen) atoms. The molecule has 1 aromatic rings. The van der Waals surface area contributed by atoms with Crippen molar-refractivity contribution in [1.29, 1.82) is 0 Å². The zero-order chi connectivity index (χ0) is 12.1. The molecule has 0 aliphatic heterocycles. The molecular weight excluding hydrogens is 280 g/mol. The molecule has 0 amide bonds. The molecule has 0 radical (unpaired) electrons. The number of benzene rings is 1. The lowest BCUT2D eigenvalue weighted by atomic mass is 9.91. The number of hydrogen-bond acceptors (Lipinski definition) is 2. The topological polar surface area (TPSA) is 18.5 Å². The summed E-state index contributed by atoms with van der Waals surface area (Å²) in [4.78, 5) is 0.454. The van der Waals surface area contributed by atoms with Gasteiger partial charge < -0.3 is 9.47 Å². The Labute approximate surface area is 111 Å². The largest absolute Gasteiger partial charge is 0.374 e. The molecule has 0 saturated heterocycles. The first-order chi connectivity index (χ1) is 8.31. The standard InChI is InChI=1S/C14H19BrO2/c1-2-8-16-14-12(15)9-13(14)17-10-11-6-4-3-5-7-11/h3-7,12-14H,2,8-10H2,1H3. The van der Waals surface area contributed by atoms with Crippen molar-refractivity contribution >= 4 is 15.9 Å². The Bertz CT molecular complexity index is 328. The van der Waals surface area contributed by atoms with Crippen molar-refractivity contribution in [2.75, 3.05) is 6.61 Å². The number of alkyl halides is 1. The van der Waals surface area contributed by atoms with Gasteiger partial charge in [0, 0.05) is 11.4 Å². The molecule has 0 bridgehead atoms. The molecule has 3 atom stereocenters. The molecule has 2 rings (SSSR count). The van der Waals surface area contributed by atoms with Crippen LogP contribution < -0.4 is 0 Å². The molecule has 1 saturated carbocycles. The van der Waals surface area contributed by atoms with Crippen molar-refractivity contribution in [1.82, 2.24) is 0 Å². The summed E-state index contributed by atoms with van der Waals surface area (Å²) >= 11 is 3.62. The fourth-order valence-corrected chi connectivity index (χ4v) is 2.79. The first-order valence-electron chi connectivity index (χ1n) is 6.22. The fraction of sp³-hybridized carbons (Fsp3) is 0.571. The molecule has 2 nitrogen and oxygen atoms in total. The van der Waals surface area contributed by atoms with Crippen LogP contribution in [0.2, 0.25) is 0 Å². The van der Waals surface area contributed by atoms with Gasteiger partial charge in [-0.05, 0) is 18.4 Å². The lowest BCUT2D eigenvalue weighted by Gasteiger charge is -2.40. The van der Waals surface area contributed by atoms with E-state index in [1.54, 1.807) is 0 Å². The second-order valence-electron chi connectivity index (χ2n) is 4.42. The summed E-state index contributed by atoms with van der Waals surface area (Å²) in [5, 5.41) is 0. The van der Waals surface area contributed by atoms with Crippen molar-refractivity contribution in [3.8, 4) is 0 Å². The summed E-state index contributed by atoms with van der Waals surface area (Å²) in [5.41, 5.74) is 1.22. The summed E-state index contributed by atoms with van der Waals surface area (Å²) in [6, 6.07) is 10.3. The van der Waals surface area contributed by atoms with Gasteiger partial charge >= 0.3 is 0 Å². The van der Waals surface area contributed by atoms with Gasteiger partial charge in [0.05, 0.1) is 18.8 Å². The van der Waals surface area contributed by atoms with Gasteiger partial charge in [-0.3, -0.25) is 0 Å². The second kappa shape index (κ2) is 6.53. The van der Waals surface area contributed by atoms with Crippen molar-refractivity contribution in [3.05, 3.63) is 35.9 Å². The van der Waals surface area contributed by atoms with E-state index in [0.29, 0.717) is 11.4 Å². The molecule has 0 N–H and O–H groups in total. The third-order valence-electron chi connectivity index (χ3n) is 3.00.